The zero-order valence-electron chi connectivity index (χ0n) is 19.2. The molecule has 1 fully saturated rings. The van der Waals surface area contributed by atoms with Crippen LogP contribution in [0, 0.1) is 9.39 Å². The van der Waals surface area contributed by atoms with Crippen molar-refractivity contribution in [3.05, 3.63) is 80.7 Å². The van der Waals surface area contributed by atoms with Crippen molar-refractivity contribution in [2.24, 2.45) is 0 Å². The highest BCUT2D eigenvalue weighted by atomic mass is 127. The Kier molecular flexibility index (Phi) is 6.70. The van der Waals surface area contributed by atoms with Gasteiger partial charge in [0.15, 0.2) is 23.0 Å². The van der Waals surface area contributed by atoms with Crippen molar-refractivity contribution < 1.29 is 37.7 Å². The Morgan fingerprint density at radius 3 is 2.57 bits per heavy atom. The predicted molar refractivity (Wildman–Crippen MR) is 138 cm³/mol. The van der Waals surface area contributed by atoms with Crippen molar-refractivity contribution in [2.75, 3.05) is 18.8 Å². The van der Waals surface area contributed by atoms with Crippen LogP contribution in [0.15, 0.2) is 60.2 Å². The van der Waals surface area contributed by atoms with Gasteiger partial charge in [0.2, 0.25) is 6.79 Å². The van der Waals surface area contributed by atoms with E-state index in [-0.39, 0.29) is 30.5 Å². The lowest BCUT2D eigenvalue weighted by Crippen LogP contribution is -2.54. The molecule has 0 radical (unpaired) electrons. The molecule has 5 rings (SSSR count). The van der Waals surface area contributed by atoms with Gasteiger partial charge >= 0.3 is 6.03 Å². The summed E-state index contributed by atoms with van der Waals surface area (Å²) < 4.78 is 35.8. The average Bonchev–Trinajstić information content (AvgIpc) is 3.34. The minimum atomic E-state index is -0.872. The number of benzene rings is 3. The van der Waals surface area contributed by atoms with Gasteiger partial charge in [-0.1, -0.05) is 12.1 Å². The summed E-state index contributed by atoms with van der Waals surface area (Å²) >= 11 is 2.05. The molecular formula is C26H18FIN2O7. The van der Waals surface area contributed by atoms with Gasteiger partial charge in [0.05, 0.1) is 16.4 Å². The molecule has 1 saturated heterocycles. The number of nitrogens with one attached hydrogen (secondary N) is 1. The molecule has 188 valence electrons. The summed E-state index contributed by atoms with van der Waals surface area (Å²) in [7, 11) is 1.46. The zero-order valence-corrected chi connectivity index (χ0v) is 21.4. The molecule has 0 saturated carbocycles. The van der Waals surface area contributed by atoms with E-state index in [0.717, 1.165) is 10.5 Å². The Morgan fingerprint density at radius 1 is 1.05 bits per heavy atom. The molecule has 3 aromatic rings. The Morgan fingerprint density at radius 2 is 1.81 bits per heavy atom. The number of fused-ring (bicyclic) bond motifs is 1. The maximum atomic E-state index is 13.3. The number of rotatable bonds is 6. The number of anilines is 1. The van der Waals surface area contributed by atoms with E-state index in [4.69, 9.17) is 18.9 Å². The third kappa shape index (κ3) is 4.94. The molecule has 11 heteroatoms. The smallest absolute Gasteiger partial charge is 0.335 e. The van der Waals surface area contributed by atoms with E-state index in [1.807, 2.05) is 0 Å². The molecule has 0 atom stereocenters. The highest BCUT2D eigenvalue weighted by Gasteiger charge is 2.37. The molecule has 0 aromatic heterocycles. The van der Waals surface area contributed by atoms with Crippen molar-refractivity contribution in [1.29, 1.82) is 0 Å². The summed E-state index contributed by atoms with van der Waals surface area (Å²) in [6, 6.07) is 13.0. The van der Waals surface area contributed by atoms with E-state index < -0.39 is 17.8 Å². The molecule has 9 nitrogen and oxygen atoms in total. The molecule has 2 aliphatic heterocycles. The monoisotopic (exact) mass is 616 g/mol. The fraction of sp³-hybridized carbons (Fsp3) is 0.115. The number of carbonyl (C=O) groups is 3. The second kappa shape index (κ2) is 10.1. The summed E-state index contributed by atoms with van der Waals surface area (Å²) in [6.07, 6.45) is 1.37. The van der Waals surface area contributed by atoms with Gasteiger partial charge in [0.1, 0.15) is 18.0 Å². The molecule has 0 aliphatic carbocycles. The highest BCUT2D eigenvalue weighted by molar-refractivity contribution is 14.1. The minimum Gasteiger partial charge on any atom is -0.493 e. The second-order valence-corrected chi connectivity index (χ2v) is 9.11. The van der Waals surface area contributed by atoms with Gasteiger partial charge in [-0.3, -0.25) is 14.9 Å². The fourth-order valence-corrected chi connectivity index (χ4v) is 4.56. The number of hydrogen-bond donors (Lipinski definition) is 1. The molecule has 0 spiro atoms. The van der Waals surface area contributed by atoms with Crippen LogP contribution in [-0.2, 0) is 16.2 Å². The Balaban J connectivity index is 1.43. The number of urea groups is 1. The molecular weight excluding hydrogens is 598 g/mol. The quantitative estimate of drug-likeness (QED) is 0.249. The van der Waals surface area contributed by atoms with Crippen LogP contribution in [0.3, 0.4) is 0 Å². The number of ether oxygens (including phenoxy) is 4. The molecule has 3 aromatic carbocycles. The van der Waals surface area contributed by atoms with Crippen LogP contribution in [0.4, 0.5) is 14.9 Å². The topological polar surface area (TPSA) is 103 Å². The summed E-state index contributed by atoms with van der Waals surface area (Å²) in [4.78, 5) is 39.3. The van der Waals surface area contributed by atoms with Gasteiger partial charge in [-0.15, -0.1) is 0 Å². The molecule has 4 amide bonds. The van der Waals surface area contributed by atoms with E-state index in [2.05, 4.69) is 27.9 Å². The number of imide groups is 2. The standard InChI is InChI=1S/C26H18FIN2O7/c1-34-22-10-15(9-19(28)23(22)35-12-14-2-4-16(27)5-3-14)8-18-24(31)29-26(33)30(25(18)32)17-6-7-20-21(11-17)37-13-36-20/h2-11H,12-13H2,1H3,(H,29,31,33)/b18-8+. The van der Waals surface area contributed by atoms with Crippen LogP contribution >= 0.6 is 22.6 Å². The van der Waals surface area contributed by atoms with Crippen LogP contribution in [-0.4, -0.2) is 31.7 Å². The number of halogens is 2. The van der Waals surface area contributed by atoms with Crippen LogP contribution in [0.2, 0.25) is 0 Å². The normalized spacial score (nSPS) is 15.7. The summed E-state index contributed by atoms with van der Waals surface area (Å²) in [6.45, 7) is 0.215. The van der Waals surface area contributed by atoms with Crippen LogP contribution in [0.5, 0.6) is 23.0 Å². The number of hydrogen-bond acceptors (Lipinski definition) is 7. The summed E-state index contributed by atoms with van der Waals surface area (Å²) in [5, 5.41) is 2.20. The Labute approximate surface area is 223 Å². The van der Waals surface area contributed by atoms with Gasteiger partial charge in [0, 0.05) is 6.07 Å². The van der Waals surface area contributed by atoms with Gasteiger partial charge in [0.25, 0.3) is 11.8 Å². The van der Waals surface area contributed by atoms with Gasteiger partial charge < -0.3 is 18.9 Å². The first-order valence-corrected chi connectivity index (χ1v) is 12.0. The van der Waals surface area contributed by atoms with E-state index >= 15 is 0 Å². The van der Waals surface area contributed by atoms with Crippen LogP contribution in [0.25, 0.3) is 6.08 Å². The third-order valence-corrected chi connectivity index (χ3v) is 6.38. The number of amides is 4. The lowest BCUT2D eigenvalue weighted by atomic mass is 10.1. The molecule has 2 heterocycles. The summed E-state index contributed by atoms with van der Waals surface area (Å²) in [5.74, 6) is -0.261. The lowest BCUT2D eigenvalue weighted by Gasteiger charge is -2.26. The van der Waals surface area contributed by atoms with Gasteiger partial charge in [-0.05, 0) is 76.2 Å². The first kappa shape index (κ1) is 24.6. The van der Waals surface area contributed by atoms with Crippen molar-refractivity contribution >= 4 is 52.2 Å². The number of barbiturate groups is 1. The number of methoxy groups -OCH3 is 1. The zero-order chi connectivity index (χ0) is 26.1. The molecule has 0 unspecified atom stereocenters. The fourth-order valence-electron chi connectivity index (χ4n) is 3.78. The molecule has 2 aliphatic rings. The maximum absolute atomic E-state index is 13.3. The van der Waals surface area contributed by atoms with Crippen molar-refractivity contribution in [1.82, 2.24) is 5.32 Å². The lowest BCUT2D eigenvalue weighted by molar-refractivity contribution is -0.122. The predicted octanol–water partition coefficient (Wildman–Crippen LogP) is 4.41. The average molecular weight is 616 g/mol. The summed E-state index contributed by atoms with van der Waals surface area (Å²) in [5.41, 5.74) is 1.23. The molecule has 1 N–H and O–H groups in total. The maximum Gasteiger partial charge on any atom is 0.335 e. The highest BCUT2D eigenvalue weighted by Crippen LogP contribution is 2.37. The first-order valence-electron chi connectivity index (χ1n) is 10.9. The van der Waals surface area contributed by atoms with Crippen molar-refractivity contribution in [3.63, 3.8) is 0 Å². The number of nitrogens with zero attached hydrogens (tertiary/aromatic N) is 1. The van der Waals surface area contributed by atoms with E-state index in [1.165, 1.54) is 37.5 Å². The van der Waals surface area contributed by atoms with E-state index in [9.17, 15) is 18.8 Å². The Bertz CT molecular complexity index is 1460. The van der Waals surface area contributed by atoms with Gasteiger partial charge in [-0.25, -0.2) is 14.1 Å². The van der Waals surface area contributed by atoms with Crippen LogP contribution in [0.1, 0.15) is 11.1 Å². The van der Waals surface area contributed by atoms with Crippen molar-refractivity contribution in [3.8, 4) is 23.0 Å². The number of carbonyl (C=O) groups excluding carboxylic acids is 3. The largest absolute Gasteiger partial charge is 0.493 e. The SMILES string of the molecule is COc1cc(/C=C2\C(=O)NC(=O)N(c3ccc4c(c3)OCO4)C2=O)cc(I)c1OCc1ccc(F)cc1. The molecule has 0 bridgehead atoms. The first-order chi connectivity index (χ1) is 17.8. The van der Waals surface area contributed by atoms with Gasteiger partial charge in [-0.2, -0.15) is 0 Å². The van der Waals surface area contributed by atoms with E-state index in [0.29, 0.717) is 32.1 Å². The van der Waals surface area contributed by atoms with E-state index in [1.54, 1.807) is 30.3 Å². The third-order valence-electron chi connectivity index (χ3n) is 5.58. The minimum absolute atomic E-state index is 0.0344. The van der Waals surface area contributed by atoms with Crippen LogP contribution < -0.4 is 29.2 Å². The Hall–Kier alpha value is -4.13. The van der Waals surface area contributed by atoms with Crippen molar-refractivity contribution in [2.45, 2.75) is 6.61 Å². The molecule has 37 heavy (non-hydrogen) atoms. The second-order valence-electron chi connectivity index (χ2n) is 7.94.